The van der Waals surface area contributed by atoms with Gasteiger partial charge in [0.05, 0.1) is 25.9 Å². The predicted molar refractivity (Wildman–Crippen MR) is 93.8 cm³/mol. The van der Waals surface area contributed by atoms with Crippen molar-refractivity contribution in [1.82, 2.24) is 0 Å². The molecule has 0 amide bonds. The fourth-order valence-electron chi connectivity index (χ4n) is 4.70. The van der Waals surface area contributed by atoms with E-state index in [1.807, 2.05) is 12.1 Å². The Morgan fingerprint density at radius 2 is 1.04 bits per heavy atom. The molecule has 0 unspecified atom stereocenters. The minimum Gasteiger partial charge on any atom is -0.315 e. The molecule has 0 saturated carbocycles. The fourth-order valence-corrected chi connectivity index (χ4v) is 4.70. The van der Waals surface area contributed by atoms with Crippen LogP contribution in [0.2, 0.25) is 0 Å². The van der Waals surface area contributed by atoms with E-state index in [9.17, 15) is 4.79 Å². The third-order valence-electron chi connectivity index (χ3n) is 5.56. The summed E-state index contributed by atoms with van der Waals surface area (Å²) in [6.07, 6.45) is 0. The zero-order chi connectivity index (χ0) is 16.6. The Balaban J connectivity index is 2.12. The third kappa shape index (κ3) is 2.61. The van der Waals surface area contributed by atoms with Crippen molar-refractivity contribution in [3.8, 4) is 0 Å². The Kier molecular flexibility index (Phi) is 4.11. The lowest BCUT2D eigenvalue weighted by atomic mass is 9.73. The van der Waals surface area contributed by atoms with Gasteiger partial charge in [-0.2, -0.15) is 0 Å². The standard InChI is InChI=1S/C21H26NO/c1-15-19(17-11-7-5-8-12-17)22(3,4)20(16(2)21(15)23)18-13-9-6-10-14-18/h5-16,19-20H,1-4H3/q+1/t15-,16+,19+,20-. The summed E-state index contributed by atoms with van der Waals surface area (Å²) in [7, 11) is 4.55. The zero-order valence-electron chi connectivity index (χ0n) is 14.4. The lowest BCUT2D eigenvalue weighted by molar-refractivity contribution is -0.959. The first-order valence-corrected chi connectivity index (χ1v) is 8.41. The van der Waals surface area contributed by atoms with Gasteiger partial charge in [0.25, 0.3) is 0 Å². The van der Waals surface area contributed by atoms with Gasteiger partial charge in [0.15, 0.2) is 5.78 Å². The molecule has 2 aromatic rings. The van der Waals surface area contributed by atoms with E-state index in [-0.39, 0.29) is 23.9 Å². The van der Waals surface area contributed by atoms with Gasteiger partial charge in [0, 0.05) is 11.1 Å². The quantitative estimate of drug-likeness (QED) is 0.752. The Bertz CT molecular complexity index is 620. The average molecular weight is 308 g/mol. The number of benzene rings is 2. The van der Waals surface area contributed by atoms with E-state index < -0.39 is 0 Å². The molecule has 3 rings (SSSR count). The SMILES string of the molecule is C[C@@H]1C(=O)[C@H](C)[C@@H](c2ccccc2)[N+](C)(C)[C@H]1c1ccccc1. The molecule has 1 aliphatic heterocycles. The molecule has 1 aliphatic rings. The third-order valence-corrected chi connectivity index (χ3v) is 5.56. The van der Waals surface area contributed by atoms with Gasteiger partial charge in [0.2, 0.25) is 0 Å². The highest BCUT2D eigenvalue weighted by atomic mass is 16.1. The number of rotatable bonds is 2. The highest BCUT2D eigenvalue weighted by Gasteiger charge is 2.53. The van der Waals surface area contributed by atoms with Crippen LogP contribution in [0.1, 0.15) is 37.1 Å². The van der Waals surface area contributed by atoms with Crippen molar-refractivity contribution in [2.75, 3.05) is 14.1 Å². The van der Waals surface area contributed by atoms with Crippen molar-refractivity contribution >= 4 is 5.78 Å². The smallest absolute Gasteiger partial charge is 0.151 e. The first kappa shape index (κ1) is 15.9. The lowest BCUT2D eigenvalue weighted by Crippen LogP contribution is -2.57. The predicted octanol–water partition coefficient (Wildman–Crippen LogP) is 4.40. The van der Waals surface area contributed by atoms with Gasteiger partial charge in [-0.15, -0.1) is 0 Å². The van der Waals surface area contributed by atoms with Gasteiger partial charge in [0.1, 0.15) is 12.1 Å². The second-order valence-corrected chi connectivity index (χ2v) is 7.32. The number of carbonyl (C=O) groups is 1. The fraction of sp³-hybridized carbons (Fsp3) is 0.381. The molecule has 2 aromatic carbocycles. The van der Waals surface area contributed by atoms with Crippen LogP contribution in [0.4, 0.5) is 0 Å². The van der Waals surface area contributed by atoms with E-state index in [1.54, 1.807) is 0 Å². The van der Waals surface area contributed by atoms with Crippen LogP contribution in [0.3, 0.4) is 0 Å². The largest absolute Gasteiger partial charge is 0.315 e. The van der Waals surface area contributed by atoms with Gasteiger partial charge in [-0.05, 0) is 13.8 Å². The second kappa shape index (κ2) is 5.93. The average Bonchev–Trinajstić information content (AvgIpc) is 2.54. The van der Waals surface area contributed by atoms with Crippen LogP contribution in [0.25, 0.3) is 0 Å². The van der Waals surface area contributed by atoms with Gasteiger partial charge in [-0.1, -0.05) is 60.7 Å². The molecule has 0 bridgehead atoms. The summed E-state index contributed by atoms with van der Waals surface area (Å²) in [6.45, 7) is 4.19. The van der Waals surface area contributed by atoms with Crippen LogP contribution in [0.5, 0.6) is 0 Å². The van der Waals surface area contributed by atoms with Gasteiger partial charge in [-0.3, -0.25) is 4.79 Å². The molecule has 23 heavy (non-hydrogen) atoms. The summed E-state index contributed by atoms with van der Waals surface area (Å²) in [5.41, 5.74) is 2.51. The molecule has 0 radical (unpaired) electrons. The topological polar surface area (TPSA) is 17.1 Å². The summed E-state index contributed by atoms with van der Waals surface area (Å²) in [6, 6.07) is 21.4. The molecule has 0 spiro atoms. The van der Waals surface area contributed by atoms with Crippen LogP contribution < -0.4 is 0 Å². The van der Waals surface area contributed by atoms with Crippen molar-refractivity contribution < 1.29 is 9.28 Å². The Hall–Kier alpha value is -1.93. The summed E-state index contributed by atoms with van der Waals surface area (Å²) < 4.78 is 0.808. The maximum atomic E-state index is 13.0. The maximum absolute atomic E-state index is 13.0. The molecule has 2 nitrogen and oxygen atoms in total. The molecule has 0 aromatic heterocycles. The van der Waals surface area contributed by atoms with Crippen molar-refractivity contribution in [2.24, 2.45) is 11.8 Å². The number of nitrogens with zero attached hydrogens (tertiary/aromatic N) is 1. The normalized spacial score (nSPS) is 30.2. The number of hydrogen-bond donors (Lipinski definition) is 0. The number of piperidine rings is 1. The molecule has 120 valence electrons. The van der Waals surface area contributed by atoms with Crippen LogP contribution >= 0.6 is 0 Å². The Labute approximate surface area is 139 Å². The van der Waals surface area contributed by atoms with Crippen molar-refractivity contribution in [2.45, 2.75) is 25.9 Å². The maximum Gasteiger partial charge on any atom is 0.151 e. The highest BCUT2D eigenvalue weighted by Crippen LogP contribution is 2.49. The minimum atomic E-state index is 0.0300. The van der Waals surface area contributed by atoms with Crippen molar-refractivity contribution in [1.29, 1.82) is 0 Å². The molecule has 1 saturated heterocycles. The molecular weight excluding hydrogens is 282 g/mol. The number of Topliss-reactive ketones (excluding diaryl/α,β-unsaturated/α-hetero) is 1. The number of likely N-dealkylation sites (tertiary alicyclic amines) is 1. The van der Waals surface area contributed by atoms with Gasteiger partial charge in [-0.25, -0.2) is 0 Å². The molecule has 4 atom stereocenters. The van der Waals surface area contributed by atoms with Crippen LogP contribution in [-0.2, 0) is 4.79 Å². The van der Waals surface area contributed by atoms with E-state index >= 15 is 0 Å². The molecule has 1 heterocycles. The van der Waals surface area contributed by atoms with Crippen molar-refractivity contribution in [3.05, 3.63) is 71.8 Å². The molecule has 0 aliphatic carbocycles. The first-order valence-electron chi connectivity index (χ1n) is 8.41. The molecular formula is C21H26NO+. The van der Waals surface area contributed by atoms with E-state index in [4.69, 9.17) is 0 Å². The number of carbonyl (C=O) groups excluding carboxylic acids is 1. The molecule has 1 fully saturated rings. The second-order valence-electron chi connectivity index (χ2n) is 7.32. The summed E-state index contributed by atoms with van der Waals surface area (Å²) in [5.74, 6) is 0.440. The van der Waals surface area contributed by atoms with Crippen LogP contribution in [0, 0.1) is 11.8 Å². The summed E-state index contributed by atoms with van der Waals surface area (Å²) in [5, 5.41) is 0. The van der Waals surface area contributed by atoms with Crippen LogP contribution in [0.15, 0.2) is 60.7 Å². The van der Waals surface area contributed by atoms with Crippen molar-refractivity contribution in [3.63, 3.8) is 0 Å². The zero-order valence-corrected chi connectivity index (χ0v) is 14.4. The van der Waals surface area contributed by atoms with E-state index in [0.29, 0.717) is 5.78 Å². The summed E-state index contributed by atoms with van der Waals surface area (Å²) >= 11 is 0. The number of ketones is 1. The molecule has 2 heteroatoms. The highest BCUT2D eigenvalue weighted by molar-refractivity contribution is 5.85. The van der Waals surface area contributed by atoms with Gasteiger partial charge < -0.3 is 4.48 Å². The monoisotopic (exact) mass is 308 g/mol. The van der Waals surface area contributed by atoms with E-state index in [2.05, 4.69) is 76.5 Å². The number of quaternary nitrogens is 1. The first-order chi connectivity index (χ1) is 10.9. The molecule has 0 N–H and O–H groups in total. The Morgan fingerprint density at radius 3 is 1.39 bits per heavy atom. The van der Waals surface area contributed by atoms with Gasteiger partial charge >= 0.3 is 0 Å². The van der Waals surface area contributed by atoms with E-state index in [1.165, 1.54) is 11.1 Å². The minimum absolute atomic E-state index is 0.0300. The van der Waals surface area contributed by atoms with E-state index in [0.717, 1.165) is 4.48 Å². The summed E-state index contributed by atoms with van der Waals surface area (Å²) in [4.78, 5) is 13.0. The van der Waals surface area contributed by atoms with Crippen LogP contribution in [-0.4, -0.2) is 24.4 Å². The lowest BCUT2D eigenvalue weighted by Gasteiger charge is -2.52. The Morgan fingerprint density at radius 1 is 0.696 bits per heavy atom. The number of hydrogen-bond acceptors (Lipinski definition) is 1.